The first-order chi connectivity index (χ1) is 13.5. The molecule has 0 aliphatic carbocycles. The molecule has 140 valence electrons. The number of nitrogens with one attached hydrogen (secondary N) is 1. The number of hydrogen-bond acceptors (Lipinski definition) is 5. The van der Waals surface area contributed by atoms with Gasteiger partial charge in [0.05, 0.1) is 11.2 Å². The molecule has 0 amide bonds. The van der Waals surface area contributed by atoms with Gasteiger partial charge in [-0.1, -0.05) is 29.8 Å². The van der Waals surface area contributed by atoms with Gasteiger partial charge in [-0.2, -0.15) is 4.52 Å². The van der Waals surface area contributed by atoms with E-state index in [4.69, 9.17) is 16.6 Å². The third-order valence-electron chi connectivity index (χ3n) is 4.47. The quantitative estimate of drug-likeness (QED) is 0.468. The predicted molar refractivity (Wildman–Crippen MR) is 115 cm³/mol. The summed E-state index contributed by atoms with van der Waals surface area (Å²) in [5, 5.41) is 9.47. The SMILES string of the molecule is CC(C)Nc1nn2c(=O)c3sc4ccccc4c3nc2n1-c1ccc(Cl)cc1. The molecule has 0 fully saturated rings. The van der Waals surface area contributed by atoms with Crippen LogP contribution in [0.25, 0.3) is 31.8 Å². The number of rotatable bonds is 3. The second-order valence-electron chi connectivity index (χ2n) is 6.84. The van der Waals surface area contributed by atoms with E-state index in [9.17, 15) is 4.79 Å². The second kappa shape index (κ2) is 6.32. The van der Waals surface area contributed by atoms with E-state index >= 15 is 0 Å². The summed E-state index contributed by atoms with van der Waals surface area (Å²) in [6, 6.07) is 15.4. The zero-order chi connectivity index (χ0) is 19.4. The number of fused-ring (bicyclic) bond motifs is 4. The van der Waals surface area contributed by atoms with Crippen LogP contribution in [0.15, 0.2) is 53.3 Å². The van der Waals surface area contributed by atoms with Gasteiger partial charge in [-0.05, 0) is 44.2 Å². The van der Waals surface area contributed by atoms with Crippen LogP contribution in [0, 0.1) is 0 Å². The number of anilines is 1. The first-order valence-corrected chi connectivity index (χ1v) is 10.1. The summed E-state index contributed by atoms with van der Waals surface area (Å²) in [6.07, 6.45) is 0. The van der Waals surface area contributed by atoms with E-state index in [1.807, 2.05) is 66.9 Å². The summed E-state index contributed by atoms with van der Waals surface area (Å²) in [7, 11) is 0. The summed E-state index contributed by atoms with van der Waals surface area (Å²) in [4.78, 5) is 18.1. The highest BCUT2D eigenvalue weighted by atomic mass is 35.5. The molecule has 6 nitrogen and oxygen atoms in total. The van der Waals surface area contributed by atoms with Crippen molar-refractivity contribution in [1.82, 2.24) is 19.2 Å². The third-order valence-corrected chi connectivity index (χ3v) is 5.87. The maximum atomic E-state index is 13.2. The van der Waals surface area contributed by atoms with Gasteiger partial charge >= 0.3 is 0 Å². The van der Waals surface area contributed by atoms with Crippen molar-refractivity contribution in [3.63, 3.8) is 0 Å². The van der Waals surface area contributed by atoms with E-state index in [2.05, 4.69) is 10.4 Å². The van der Waals surface area contributed by atoms with E-state index in [1.54, 1.807) is 0 Å². The molecule has 0 bridgehead atoms. The van der Waals surface area contributed by atoms with Gasteiger partial charge in [0.1, 0.15) is 4.70 Å². The van der Waals surface area contributed by atoms with Crippen LogP contribution in [-0.2, 0) is 0 Å². The number of halogens is 1. The van der Waals surface area contributed by atoms with Crippen LogP contribution in [-0.4, -0.2) is 25.2 Å². The Morgan fingerprint density at radius 2 is 1.86 bits per heavy atom. The van der Waals surface area contributed by atoms with Gasteiger partial charge in [-0.3, -0.25) is 4.79 Å². The van der Waals surface area contributed by atoms with Crippen molar-refractivity contribution in [3.8, 4) is 5.69 Å². The summed E-state index contributed by atoms with van der Waals surface area (Å²) in [6.45, 7) is 4.04. The molecule has 5 aromatic rings. The Bertz CT molecular complexity index is 1400. The fraction of sp³-hybridized carbons (Fsp3) is 0.150. The van der Waals surface area contributed by atoms with Crippen molar-refractivity contribution in [2.75, 3.05) is 5.32 Å². The maximum Gasteiger partial charge on any atom is 0.293 e. The Morgan fingerprint density at radius 1 is 1.11 bits per heavy atom. The van der Waals surface area contributed by atoms with Crippen LogP contribution in [0.2, 0.25) is 5.02 Å². The topological polar surface area (TPSA) is 64.2 Å². The van der Waals surface area contributed by atoms with Crippen LogP contribution < -0.4 is 10.9 Å². The molecular weight excluding hydrogens is 394 g/mol. The molecule has 0 aliphatic heterocycles. The van der Waals surface area contributed by atoms with Gasteiger partial charge < -0.3 is 5.32 Å². The molecule has 0 aliphatic rings. The smallest absolute Gasteiger partial charge is 0.293 e. The lowest BCUT2D eigenvalue weighted by molar-refractivity contribution is 0.851. The predicted octanol–water partition coefficient (Wildman–Crippen LogP) is 4.72. The number of thiophene rings is 1. The Kier molecular flexibility index (Phi) is 3.89. The van der Waals surface area contributed by atoms with Crippen molar-refractivity contribution < 1.29 is 0 Å². The fourth-order valence-electron chi connectivity index (χ4n) is 3.27. The van der Waals surface area contributed by atoms with Gasteiger partial charge in [0.2, 0.25) is 11.7 Å². The lowest BCUT2D eigenvalue weighted by Gasteiger charge is -2.11. The maximum absolute atomic E-state index is 13.2. The molecule has 8 heteroatoms. The number of nitrogens with zero attached hydrogens (tertiary/aromatic N) is 4. The van der Waals surface area contributed by atoms with Gasteiger partial charge in [0, 0.05) is 21.2 Å². The number of benzene rings is 2. The minimum Gasteiger partial charge on any atom is -0.352 e. The summed E-state index contributed by atoms with van der Waals surface area (Å²) >= 11 is 7.51. The molecule has 1 N–H and O–H groups in total. The van der Waals surface area contributed by atoms with Gasteiger partial charge in [0.25, 0.3) is 5.56 Å². The van der Waals surface area contributed by atoms with Crippen LogP contribution in [0.1, 0.15) is 13.8 Å². The average molecular weight is 410 g/mol. The van der Waals surface area contributed by atoms with E-state index < -0.39 is 0 Å². The fourth-order valence-corrected chi connectivity index (χ4v) is 4.46. The average Bonchev–Trinajstić information content (AvgIpc) is 3.21. The molecule has 0 unspecified atom stereocenters. The molecule has 3 heterocycles. The van der Waals surface area contributed by atoms with E-state index in [-0.39, 0.29) is 11.6 Å². The monoisotopic (exact) mass is 409 g/mol. The Morgan fingerprint density at radius 3 is 2.61 bits per heavy atom. The van der Waals surface area contributed by atoms with Crippen LogP contribution in [0.5, 0.6) is 0 Å². The first-order valence-electron chi connectivity index (χ1n) is 8.88. The minimum atomic E-state index is -0.166. The largest absolute Gasteiger partial charge is 0.352 e. The molecule has 3 aromatic heterocycles. The Hall–Kier alpha value is -2.90. The normalized spacial score (nSPS) is 11.9. The van der Waals surface area contributed by atoms with Crippen molar-refractivity contribution in [2.24, 2.45) is 0 Å². The van der Waals surface area contributed by atoms with E-state index in [0.717, 1.165) is 15.8 Å². The van der Waals surface area contributed by atoms with Crippen molar-refractivity contribution in [2.45, 2.75) is 19.9 Å². The van der Waals surface area contributed by atoms with Crippen LogP contribution >= 0.6 is 22.9 Å². The summed E-state index contributed by atoms with van der Waals surface area (Å²) in [5.41, 5.74) is 1.37. The Balaban J connectivity index is 1.91. The lowest BCUT2D eigenvalue weighted by atomic mass is 10.2. The van der Waals surface area contributed by atoms with E-state index in [0.29, 0.717) is 27.0 Å². The van der Waals surface area contributed by atoms with Crippen molar-refractivity contribution in [3.05, 3.63) is 63.9 Å². The highest BCUT2D eigenvalue weighted by Crippen LogP contribution is 2.31. The number of aromatic nitrogens is 4. The van der Waals surface area contributed by atoms with Gasteiger partial charge in [-0.25, -0.2) is 9.55 Å². The molecule has 2 aromatic carbocycles. The zero-order valence-electron chi connectivity index (χ0n) is 15.2. The van der Waals surface area contributed by atoms with Crippen molar-refractivity contribution >= 4 is 55.0 Å². The molecule has 0 saturated heterocycles. The molecular formula is C20H16ClN5OS. The second-order valence-corrected chi connectivity index (χ2v) is 8.33. The van der Waals surface area contributed by atoms with Crippen LogP contribution in [0.3, 0.4) is 0 Å². The zero-order valence-corrected chi connectivity index (χ0v) is 16.8. The minimum absolute atomic E-state index is 0.139. The molecule has 5 rings (SSSR count). The summed E-state index contributed by atoms with van der Waals surface area (Å²) in [5.74, 6) is 1.02. The lowest BCUT2D eigenvalue weighted by Crippen LogP contribution is -2.15. The first kappa shape index (κ1) is 17.2. The van der Waals surface area contributed by atoms with Crippen LogP contribution in [0.4, 0.5) is 5.95 Å². The molecule has 0 saturated carbocycles. The molecule has 0 atom stereocenters. The highest BCUT2D eigenvalue weighted by molar-refractivity contribution is 7.25. The van der Waals surface area contributed by atoms with E-state index in [1.165, 1.54) is 15.9 Å². The number of hydrogen-bond donors (Lipinski definition) is 1. The van der Waals surface area contributed by atoms with Crippen molar-refractivity contribution in [1.29, 1.82) is 0 Å². The standard InChI is InChI=1S/C20H16ClN5OS/c1-11(2)22-19-24-26-18(27)17-16(14-5-3-4-6-15(14)28-17)23-20(26)25(19)13-9-7-12(21)8-10-13/h3-11H,1-2H3,(H,22,24). The molecule has 0 spiro atoms. The van der Waals surface area contributed by atoms with Gasteiger partial charge in [0.15, 0.2) is 0 Å². The Labute approximate surface area is 169 Å². The molecule has 0 radical (unpaired) electrons. The summed E-state index contributed by atoms with van der Waals surface area (Å²) < 4.78 is 4.87. The third kappa shape index (κ3) is 2.58. The van der Waals surface area contributed by atoms with Gasteiger partial charge in [-0.15, -0.1) is 16.4 Å². The highest BCUT2D eigenvalue weighted by Gasteiger charge is 2.20. The molecule has 28 heavy (non-hydrogen) atoms.